The standard InChI is InChI=1S/C21H23N5O4S/c1-31(28,29)26-9-16(19-23-18(24-30-19)13-5-6-13)21(12-26)10-25(11-21)20(27)15-3-2-4-17-14(15)7-8-22-17/h2-4,7-8,13,16,22H,5-6,9-12H2,1H3. The van der Waals surface area contributed by atoms with Crippen molar-refractivity contribution in [2.45, 2.75) is 24.7 Å². The topological polar surface area (TPSA) is 112 Å². The Kier molecular flexibility index (Phi) is 3.92. The number of fused-ring (bicyclic) bond motifs is 1. The summed E-state index contributed by atoms with van der Waals surface area (Å²) >= 11 is 0. The fraction of sp³-hybridized carbons (Fsp3) is 0.476. The van der Waals surface area contributed by atoms with Crippen LogP contribution in [0.2, 0.25) is 0 Å². The highest BCUT2D eigenvalue weighted by Crippen LogP contribution is 2.50. The van der Waals surface area contributed by atoms with Gasteiger partial charge in [0.15, 0.2) is 5.82 Å². The van der Waals surface area contributed by atoms with Crippen molar-refractivity contribution in [3.63, 3.8) is 0 Å². The number of H-pyrrole nitrogens is 1. The molecule has 1 unspecified atom stereocenters. The zero-order valence-electron chi connectivity index (χ0n) is 17.1. The molecule has 1 N–H and O–H groups in total. The van der Waals surface area contributed by atoms with Crippen molar-refractivity contribution in [1.29, 1.82) is 0 Å². The Morgan fingerprint density at radius 3 is 2.77 bits per heavy atom. The molecule has 162 valence electrons. The van der Waals surface area contributed by atoms with Crippen molar-refractivity contribution in [1.82, 2.24) is 24.3 Å². The second-order valence-electron chi connectivity index (χ2n) is 9.14. The number of aromatic amines is 1. The molecule has 3 fully saturated rings. The molecule has 1 aliphatic carbocycles. The highest BCUT2D eigenvalue weighted by molar-refractivity contribution is 7.88. The molecule has 1 amide bonds. The van der Waals surface area contributed by atoms with E-state index in [1.807, 2.05) is 30.5 Å². The SMILES string of the molecule is CS(=O)(=O)N1CC(c2nc(C3CC3)no2)C2(CN(C(=O)c3cccc4[nH]ccc34)C2)C1. The summed E-state index contributed by atoms with van der Waals surface area (Å²) in [6, 6.07) is 7.54. The summed E-state index contributed by atoms with van der Waals surface area (Å²) in [5.74, 6) is 1.32. The lowest BCUT2D eigenvalue weighted by molar-refractivity contribution is 0.00147. The summed E-state index contributed by atoms with van der Waals surface area (Å²) in [7, 11) is -3.36. The van der Waals surface area contributed by atoms with E-state index < -0.39 is 15.4 Å². The van der Waals surface area contributed by atoms with Gasteiger partial charge < -0.3 is 14.4 Å². The maximum Gasteiger partial charge on any atom is 0.254 e. The number of nitrogens with one attached hydrogen (secondary N) is 1. The van der Waals surface area contributed by atoms with E-state index >= 15 is 0 Å². The quantitative estimate of drug-likeness (QED) is 0.662. The molecular weight excluding hydrogens is 418 g/mol. The Bertz CT molecular complexity index is 1290. The normalized spacial score (nSPS) is 23.5. The summed E-state index contributed by atoms with van der Waals surface area (Å²) < 4.78 is 31.6. The number of likely N-dealkylation sites (tertiary alicyclic amines) is 1. The molecule has 1 atom stereocenters. The molecule has 1 aromatic carbocycles. The molecule has 9 nitrogen and oxygen atoms in total. The number of benzene rings is 1. The third kappa shape index (κ3) is 3.00. The number of sulfonamides is 1. The summed E-state index contributed by atoms with van der Waals surface area (Å²) in [4.78, 5) is 22.8. The fourth-order valence-corrected chi connectivity index (χ4v) is 5.94. The molecule has 10 heteroatoms. The van der Waals surface area contributed by atoms with E-state index in [4.69, 9.17) is 4.52 Å². The van der Waals surface area contributed by atoms with Crippen LogP contribution in [0, 0.1) is 5.41 Å². The van der Waals surface area contributed by atoms with E-state index in [1.54, 1.807) is 4.90 Å². The molecule has 2 aliphatic heterocycles. The van der Waals surface area contributed by atoms with Gasteiger partial charge in [0.25, 0.3) is 5.91 Å². The minimum absolute atomic E-state index is 0.0448. The number of hydrogen-bond acceptors (Lipinski definition) is 6. The third-order valence-corrected chi connectivity index (χ3v) is 8.12. The first-order valence-corrected chi connectivity index (χ1v) is 12.3. The number of carbonyl (C=O) groups excluding carboxylic acids is 1. The zero-order chi connectivity index (χ0) is 21.4. The lowest BCUT2D eigenvalue weighted by Crippen LogP contribution is -2.61. The van der Waals surface area contributed by atoms with Crippen LogP contribution in [0.15, 0.2) is 35.0 Å². The second kappa shape index (κ2) is 6.39. The smallest absolute Gasteiger partial charge is 0.254 e. The molecule has 31 heavy (non-hydrogen) atoms. The van der Waals surface area contributed by atoms with Gasteiger partial charge in [-0.1, -0.05) is 11.2 Å². The van der Waals surface area contributed by atoms with Crippen molar-refractivity contribution in [2.24, 2.45) is 5.41 Å². The van der Waals surface area contributed by atoms with Crippen LogP contribution in [0.25, 0.3) is 10.9 Å². The molecule has 1 saturated carbocycles. The molecule has 0 radical (unpaired) electrons. The zero-order valence-corrected chi connectivity index (χ0v) is 17.9. The molecule has 4 heterocycles. The van der Waals surface area contributed by atoms with E-state index in [0.717, 1.165) is 23.7 Å². The maximum absolute atomic E-state index is 13.2. The van der Waals surface area contributed by atoms with Gasteiger partial charge in [0.2, 0.25) is 15.9 Å². The van der Waals surface area contributed by atoms with Crippen LogP contribution in [0.4, 0.5) is 0 Å². The van der Waals surface area contributed by atoms with Crippen LogP contribution >= 0.6 is 0 Å². The van der Waals surface area contributed by atoms with E-state index in [1.165, 1.54) is 10.6 Å². The van der Waals surface area contributed by atoms with Gasteiger partial charge in [0.05, 0.1) is 12.2 Å². The van der Waals surface area contributed by atoms with E-state index in [9.17, 15) is 13.2 Å². The van der Waals surface area contributed by atoms with Crippen molar-refractivity contribution < 1.29 is 17.7 Å². The summed E-state index contributed by atoms with van der Waals surface area (Å²) in [6.45, 7) is 1.59. The Hall–Kier alpha value is -2.72. The lowest BCUT2D eigenvalue weighted by atomic mass is 9.71. The van der Waals surface area contributed by atoms with Crippen LogP contribution in [0.3, 0.4) is 0 Å². The second-order valence-corrected chi connectivity index (χ2v) is 11.1. The first-order chi connectivity index (χ1) is 14.8. The van der Waals surface area contributed by atoms with Gasteiger partial charge in [-0.3, -0.25) is 4.79 Å². The molecule has 6 rings (SSSR count). The third-order valence-electron chi connectivity index (χ3n) is 6.91. The molecule has 1 spiro atoms. The van der Waals surface area contributed by atoms with Crippen LogP contribution in [-0.4, -0.2) is 71.1 Å². The first-order valence-electron chi connectivity index (χ1n) is 10.5. The number of rotatable bonds is 4. The monoisotopic (exact) mass is 441 g/mol. The summed E-state index contributed by atoms with van der Waals surface area (Å²) in [5.41, 5.74) is 1.16. The number of hydrogen-bond donors (Lipinski definition) is 1. The minimum atomic E-state index is -3.36. The first kappa shape index (κ1) is 19.0. The minimum Gasteiger partial charge on any atom is -0.361 e. The maximum atomic E-state index is 13.2. The van der Waals surface area contributed by atoms with Crippen molar-refractivity contribution in [3.8, 4) is 0 Å². The Morgan fingerprint density at radius 2 is 2.03 bits per heavy atom. The van der Waals surface area contributed by atoms with E-state index in [2.05, 4.69) is 15.1 Å². The van der Waals surface area contributed by atoms with Crippen LogP contribution in [-0.2, 0) is 10.0 Å². The Labute approximate surface area is 179 Å². The number of aromatic nitrogens is 3. The average Bonchev–Trinajstić information content (AvgIpc) is 3.13. The highest BCUT2D eigenvalue weighted by atomic mass is 32.2. The van der Waals surface area contributed by atoms with E-state index in [0.29, 0.717) is 49.4 Å². The van der Waals surface area contributed by atoms with Crippen molar-refractivity contribution in [3.05, 3.63) is 47.7 Å². The van der Waals surface area contributed by atoms with Gasteiger partial charge >= 0.3 is 0 Å². The van der Waals surface area contributed by atoms with Crippen LogP contribution in [0.1, 0.15) is 46.8 Å². The van der Waals surface area contributed by atoms with E-state index in [-0.39, 0.29) is 11.8 Å². The van der Waals surface area contributed by atoms with Gasteiger partial charge in [-0.05, 0) is 31.0 Å². The van der Waals surface area contributed by atoms with Crippen LogP contribution < -0.4 is 0 Å². The van der Waals surface area contributed by atoms with Gasteiger partial charge in [-0.15, -0.1) is 0 Å². The predicted molar refractivity (Wildman–Crippen MR) is 112 cm³/mol. The largest absolute Gasteiger partial charge is 0.361 e. The number of carbonyl (C=O) groups is 1. The average molecular weight is 442 g/mol. The lowest BCUT2D eigenvalue weighted by Gasteiger charge is -2.50. The Balaban J connectivity index is 1.29. The Morgan fingerprint density at radius 1 is 1.23 bits per heavy atom. The number of nitrogens with zero attached hydrogens (tertiary/aromatic N) is 4. The van der Waals surface area contributed by atoms with Crippen LogP contribution in [0.5, 0.6) is 0 Å². The molecule has 0 bridgehead atoms. The fourth-order valence-electron chi connectivity index (χ4n) is 5.03. The van der Waals surface area contributed by atoms with Gasteiger partial charge in [-0.2, -0.15) is 4.98 Å². The van der Waals surface area contributed by atoms with Gasteiger partial charge in [0.1, 0.15) is 0 Å². The van der Waals surface area contributed by atoms with Gasteiger partial charge in [-0.25, -0.2) is 12.7 Å². The molecular formula is C21H23N5O4S. The molecule has 2 aromatic heterocycles. The van der Waals surface area contributed by atoms with Crippen molar-refractivity contribution >= 4 is 26.8 Å². The summed E-state index contributed by atoms with van der Waals surface area (Å²) in [5, 5.41) is 5.01. The number of amides is 1. The molecule has 2 saturated heterocycles. The van der Waals surface area contributed by atoms with Gasteiger partial charge in [0, 0.05) is 60.2 Å². The highest BCUT2D eigenvalue weighted by Gasteiger charge is 2.59. The molecule has 3 aromatic rings. The predicted octanol–water partition coefficient (Wildman–Crippen LogP) is 1.93. The molecule has 3 aliphatic rings. The van der Waals surface area contributed by atoms with Crippen molar-refractivity contribution in [2.75, 3.05) is 32.4 Å². The summed E-state index contributed by atoms with van der Waals surface area (Å²) in [6.07, 6.45) is 5.18.